The van der Waals surface area contributed by atoms with E-state index in [9.17, 15) is 9.18 Å². The Bertz CT molecular complexity index is 1130. The first kappa shape index (κ1) is 30.2. The van der Waals surface area contributed by atoms with E-state index >= 15 is 0 Å². The molecule has 0 atom stereocenters. The summed E-state index contributed by atoms with van der Waals surface area (Å²) in [7, 11) is 0. The highest BCUT2D eigenvalue weighted by Crippen LogP contribution is 2.15. The molecule has 0 aliphatic rings. The number of benzene rings is 3. The Morgan fingerprint density at radius 1 is 0.667 bits per heavy atom. The van der Waals surface area contributed by atoms with Gasteiger partial charge in [-0.15, -0.1) is 0 Å². The second-order valence-electron chi connectivity index (χ2n) is 10.2. The summed E-state index contributed by atoms with van der Waals surface area (Å²) in [5, 5.41) is 0. The number of hydrogen-bond acceptors (Lipinski definition) is 2. The van der Waals surface area contributed by atoms with Gasteiger partial charge in [-0.05, 0) is 71.9 Å². The molecule has 2 nitrogen and oxygen atoms in total. The predicted octanol–water partition coefficient (Wildman–Crippen LogP) is 10.0. The van der Waals surface area contributed by atoms with E-state index in [1.807, 2.05) is 12.2 Å². The Hall–Kier alpha value is -3.30. The van der Waals surface area contributed by atoms with Gasteiger partial charge in [-0.25, -0.2) is 4.39 Å². The minimum atomic E-state index is -0.336. The Morgan fingerprint density at radius 3 is 1.82 bits per heavy atom. The van der Waals surface area contributed by atoms with Gasteiger partial charge in [-0.3, -0.25) is 4.79 Å². The van der Waals surface area contributed by atoms with E-state index in [4.69, 9.17) is 4.74 Å². The van der Waals surface area contributed by atoms with Crippen LogP contribution < -0.4 is 0 Å². The number of ketones is 1. The third-order valence-corrected chi connectivity index (χ3v) is 7.02. The summed E-state index contributed by atoms with van der Waals surface area (Å²) >= 11 is 0. The van der Waals surface area contributed by atoms with E-state index < -0.39 is 0 Å². The minimum Gasteiger partial charge on any atom is -0.377 e. The largest absolute Gasteiger partial charge is 0.377 e. The molecular weight excluding hydrogens is 483 g/mol. The van der Waals surface area contributed by atoms with Crippen LogP contribution in [0.1, 0.15) is 96.8 Å². The number of unbranched alkanes of at least 4 members (excludes halogenated alkanes) is 9. The molecule has 0 heterocycles. The highest BCUT2D eigenvalue weighted by molar-refractivity contribution is 6.06. The van der Waals surface area contributed by atoms with Crippen molar-refractivity contribution < 1.29 is 13.9 Å². The molecule has 3 aromatic rings. The van der Waals surface area contributed by atoms with E-state index in [1.54, 1.807) is 6.08 Å². The van der Waals surface area contributed by atoms with Gasteiger partial charge in [0.15, 0.2) is 5.78 Å². The van der Waals surface area contributed by atoms with Crippen molar-refractivity contribution in [3.63, 3.8) is 0 Å². The van der Waals surface area contributed by atoms with Crippen molar-refractivity contribution in [3.05, 3.63) is 119 Å². The zero-order valence-electron chi connectivity index (χ0n) is 23.3. The molecule has 0 saturated carbocycles. The van der Waals surface area contributed by atoms with Crippen LogP contribution in [0.3, 0.4) is 0 Å². The molecule has 0 N–H and O–H groups in total. The molecule has 0 aliphatic heterocycles. The monoisotopic (exact) mass is 526 g/mol. The molecule has 0 aliphatic carbocycles. The fourth-order valence-corrected chi connectivity index (χ4v) is 4.57. The summed E-state index contributed by atoms with van der Waals surface area (Å²) in [4.78, 5) is 12.2. The smallest absolute Gasteiger partial charge is 0.185 e. The van der Waals surface area contributed by atoms with Crippen molar-refractivity contribution >= 4 is 17.9 Å². The van der Waals surface area contributed by atoms with Gasteiger partial charge in [0.25, 0.3) is 0 Å². The maximum atomic E-state index is 13.0. The summed E-state index contributed by atoms with van der Waals surface area (Å²) in [6.45, 7) is 5.33. The molecule has 0 fully saturated rings. The second-order valence-corrected chi connectivity index (χ2v) is 10.2. The maximum Gasteiger partial charge on any atom is 0.185 e. The molecule has 206 valence electrons. The van der Waals surface area contributed by atoms with Crippen molar-refractivity contribution in [3.8, 4) is 0 Å². The zero-order chi connectivity index (χ0) is 27.5. The average Bonchev–Trinajstić information content (AvgIpc) is 2.97. The number of hydrogen-bond donors (Lipinski definition) is 0. The van der Waals surface area contributed by atoms with Crippen LogP contribution in [0.4, 0.5) is 4.39 Å². The van der Waals surface area contributed by atoms with Gasteiger partial charge < -0.3 is 4.74 Å². The molecule has 3 aromatic carbocycles. The summed E-state index contributed by atoms with van der Waals surface area (Å²) in [6, 6.07) is 22.4. The van der Waals surface area contributed by atoms with Crippen molar-refractivity contribution in [2.75, 3.05) is 6.61 Å². The van der Waals surface area contributed by atoms with Crippen LogP contribution in [0.5, 0.6) is 0 Å². The Labute approximate surface area is 234 Å². The van der Waals surface area contributed by atoms with Gasteiger partial charge in [0.1, 0.15) is 5.82 Å². The lowest BCUT2D eigenvalue weighted by Gasteiger charge is -2.06. The van der Waals surface area contributed by atoms with Gasteiger partial charge in [-0.1, -0.05) is 119 Å². The fraction of sp³-hybridized carbons (Fsp3) is 0.361. The van der Waals surface area contributed by atoms with Gasteiger partial charge in [0.2, 0.25) is 0 Å². The predicted molar refractivity (Wildman–Crippen MR) is 162 cm³/mol. The van der Waals surface area contributed by atoms with Crippen LogP contribution in [0.2, 0.25) is 0 Å². The van der Waals surface area contributed by atoms with Gasteiger partial charge in [-0.2, -0.15) is 0 Å². The molecule has 0 saturated heterocycles. The molecule has 0 unspecified atom stereocenters. The number of carbonyl (C=O) groups is 1. The quantitative estimate of drug-likeness (QED) is 0.0882. The van der Waals surface area contributed by atoms with Crippen molar-refractivity contribution in [2.45, 2.75) is 77.2 Å². The molecule has 0 radical (unpaired) electrons. The molecular formula is C36H43FO2. The summed E-state index contributed by atoms with van der Waals surface area (Å²) < 4.78 is 18.8. The van der Waals surface area contributed by atoms with E-state index in [1.165, 1.54) is 93.2 Å². The van der Waals surface area contributed by atoms with E-state index in [0.717, 1.165) is 30.6 Å². The number of halogens is 1. The normalized spacial score (nSPS) is 11.2. The number of carbonyl (C=O) groups excluding carboxylic acids is 1. The minimum absolute atomic E-state index is 0.119. The first-order valence-electron chi connectivity index (χ1n) is 14.5. The summed E-state index contributed by atoms with van der Waals surface area (Å²) in [6.07, 6.45) is 19.2. The third kappa shape index (κ3) is 12.4. The summed E-state index contributed by atoms with van der Waals surface area (Å²) in [5.74, 6) is -0.455. The van der Waals surface area contributed by atoms with Crippen LogP contribution in [-0.2, 0) is 17.8 Å². The molecule has 0 bridgehead atoms. The standard InChI is InChI=1S/C36H43FO2/c1-2-30-14-20-33(21-15-30)29-39-28-12-10-8-6-4-3-5-7-9-11-13-31-16-18-32(19-17-31)22-27-36(38)34-23-25-35(37)26-24-34/h2,14-27H,1,3-13,28-29H2/b27-22+. The highest BCUT2D eigenvalue weighted by atomic mass is 19.1. The van der Waals surface area contributed by atoms with E-state index in [0.29, 0.717) is 12.2 Å². The molecule has 3 rings (SSSR count). The first-order valence-corrected chi connectivity index (χ1v) is 14.5. The topological polar surface area (TPSA) is 26.3 Å². The SMILES string of the molecule is C=Cc1ccc(COCCCCCCCCCCCCc2ccc(/C=C/C(=O)c3ccc(F)cc3)cc2)cc1. The number of allylic oxidation sites excluding steroid dienone is 1. The molecule has 3 heteroatoms. The average molecular weight is 527 g/mol. The van der Waals surface area contributed by atoms with Crippen molar-refractivity contribution in [1.82, 2.24) is 0 Å². The molecule has 0 spiro atoms. The lowest BCUT2D eigenvalue weighted by Crippen LogP contribution is -1.95. The van der Waals surface area contributed by atoms with Crippen LogP contribution in [0.25, 0.3) is 12.2 Å². The van der Waals surface area contributed by atoms with Gasteiger partial charge in [0.05, 0.1) is 6.61 Å². The lowest BCUT2D eigenvalue weighted by molar-refractivity contribution is 0.104. The van der Waals surface area contributed by atoms with Crippen LogP contribution >= 0.6 is 0 Å². The molecule has 0 aromatic heterocycles. The van der Waals surface area contributed by atoms with E-state index in [-0.39, 0.29) is 11.6 Å². The third-order valence-electron chi connectivity index (χ3n) is 7.02. The number of aryl methyl sites for hydroxylation is 1. The fourth-order valence-electron chi connectivity index (χ4n) is 4.57. The Morgan fingerprint density at radius 2 is 1.21 bits per heavy atom. The number of rotatable bonds is 19. The first-order chi connectivity index (χ1) is 19.1. The van der Waals surface area contributed by atoms with Crippen molar-refractivity contribution in [2.24, 2.45) is 0 Å². The number of ether oxygens (including phenoxy) is 1. The zero-order valence-corrected chi connectivity index (χ0v) is 23.3. The van der Waals surface area contributed by atoms with E-state index in [2.05, 4.69) is 55.1 Å². The molecule has 39 heavy (non-hydrogen) atoms. The van der Waals surface area contributed by atoms with Crippen LogP contribution in [0.15, 0.2) is 85.5 Å². The highest BCUT2D eigenvalue weighted by Gasteiger charge is 2.02. The van der Waals surface area contributed by atoms with Crippen LogP contribution in [-0.4, -0.2) is 12.4 Å². The Kier molecular flexibility index (Phi) is 14.0. The lowest BCUT2D eigenvalue weighted by atomic mass is 10.0. The van der Waals surface area contributed by atoms with Gasteiger partial charge in [0, 0.05) is 12.2 Å². The Balaban J connectivity index is 1.13. The maximum absolute atomic E-state index is 13.0. The summed E-state index contributed by atoms with van der Waals surface area (Å²) in [5.41, 5.74) is 5.20. The van der Waals surface area contributed by atoms with Crippen LogP contribution in [0, 0.1) is 5.82 Å². The van der Waals surface area contributed by atoms with Crippen molar-refractivity contribution in [1.29, 1.82) is 0 Å². The van der Waals surface area contributed by atoms with Gasteiger partial charge >= 0.3 is 0 Å². The molecule has 0 amide bonds. The second kappa shape index (κ2) is 18.1.